The fraction of sp³-hybridized carbons (Fsp3) is 0.182. The summed E-state index contributed by atoms with van der Waals surface area (Å²) in [5.74, 6) is 0.644. The van der Waals surface area contributed by atoms with Gasteiger partial charge in [0.25, 0.3) is 0 Å². The van der Waals surface area contributed by atoms with Crippen LogP contribution in [0.1, 0.15) is 5.56 Å². The third-order valence-corrected chi connectivity index (χ3v) is 2.43. The molecule has 0 aliphatic carbocycles. The molecule has 0 aliphatic heterocycles. The molecule has 0 saturated heterocycles. The first-order valence-electron chi connectivity index (χ1n) is 5.14. The first kappa shape index (κ1) is 11.6. The largest absolute Gasteiger partial charge is 0.350 e. The second-order valence-corrected chi connectivity index (χ2v) is 3.90. The zero-order valence-electron chi connectivity index (χ0n) is 9.34. The van der Waals surface area contributed by atoms with E-state index in [0.29, 0.717) is 12.5 Å². The molecule has 5 nitrogen and oxygen atoms in total. The number of nitrogens with zero attached hydrogens (tertiary/aromatic N) is 4. The summed E-state index contributed by atoms with van der Waals surface area (Å²) >= 11 is 5.80. The number of anilines is 1. The van der Waals surface area contributed by atoms with Crippen molar-refractivity contribution >= 4 is 23.6 Å². The Bertz CT molecular complexity index is 503. The molecule has 1 heterocycles. The van der Waals surface area contributed by atoms with Gasteiger partial charge >= 0.3 is 0 Å². The zero-order chi connectivity index (χ0) is 12.1. The van der Waals surface area contributed by atoms with E-state index in [0.717, 1.165) is 10.6 Å². The van der Waals surface area contributed by atoms with E-state index in [4.69, 9.17) is 11.6 Å². The van der Waals surface area contributed by atoms with Crippen molar-refractivity contribution in [2.75, 3.05) is 11.9 Å². The van der Waals surface area contributed by atoms with Crippen molar-refractivity contribution in [3.63, 3.8) is 0 Å². The van der Waals surface area contributed by atoms with Crippen molar-refractivity contribution in [3.8, 4) is 0 Å². The Labute approximate surface area is 104 Å². The van der Waals surface area contributed by atoms with E-state index in [1.807, 2.05) is 36.4 Å². The fourth-order valence-electron chi connectivity index (χ4n) is 1.30. The first-order valence-corrected chi connectivity index (χ1v) is 5.52. The third-order valence-electron chi connectivity index (χ3n) is 2.18. The molecule has 17 heavy (non-hydrogen) atoms. The third kappa shape index (κ3) is 3.29. The molecule has 0 atom stereocenters. The lowest BCUT2D eigenvalue weighted by Crippen LogP contribution is -2.05. The molecule has 1 aromatic heterocycles. The zero-order valence-corrected chi connectivity index (χ0v) is 10.1. The fourth-order valence-corrected chi connectivity index (χ4v) is 1.42. The smallest absolute Gasteiger partial charge is 0.242 e. The molecular formula is C11H12ClN5. The average Bonchev–Trinajstić information content (AvgIpc) is 2.73. The number of nitrogens with one attached hydrogen (secondary N) is 1. The van der Waals surface area contributed by atoms with E-state index in [2.05, 4.69) is 20.8 Å². The number of halogens is 1. The monoisotopic (exact) mass is 249 g/mol. The number of tetrazole rings is 1. The number of hydrogen-bond acceptors (Lipinski definition) is 4. The second kappa shape index (κ2) is 5.45. The van der Waals surface area contributed by atoms with E-state index in [9.17, 15) is 0 Å². The van der Waals surface area contributed by atoms with Crippen LogP contribution in [0, 0.1) is 0 Å². The van der Waals surface area contributed by atoms with Crippen LogP contribution in [-0.4, -0.2) is 26.8 Å². The summed E-state index contributed by atoms with van der Waals surface area (Å²) in [5.41, 5.74) is 1.10. The summed E-state index contributed by atoms with van der Waals surface area (Å²) in [6, 6.07) is 7.65. The van der Waals surface area contributed by atoms with Crippen LogP contribution in [0.5, 0.6) is 0 Å². The molecule has 2 aromatic rings. The molecule has 0 aliphatic rings. The predicted molar refractivity (Wildman–Crippen MR) is 67.8 cm³/mol. The lowest BCUT2D eigenvalue weighted by Gasteiger charge is -1.99. The molecule has 88 valence electrons. The van der Waals surface area contributed by atoms with Crippen LogP contribution >= 0.6 is 11.6 Å². The Morgan fingerprint density at radius 2 is 2.12 bits per heavy atom. The molecule has 0 saturated carbocycles. The lowest BCUT2D eigenvalue weighted by atomic mass is 10.2. The molecule has 0 unspecified atom stereocenters. The van der Waals surface area contributed by atoms with Crippen molar-refractivity contribution in [1.82, 2.24) is 20.2 Å². The van der Waals surface area contributed by atoms with Crippen molar-refractivity contribution < 1.29 is 0 Å². The van der Waals surface area contributed by atoms with E-state index in [1.165, 1.54) is 0 Å². The van der Waals surface area contributed by atoms with Gasteiger partial charge in [0.1, 0.15) is 0 Å². The first-order chi connectivity index (χ1) is 8.25. The Balaban J connectivity index is 1.86. The highest BCUT2D eigenvalue weighted by Crippen LogP contribution is 2.10. The predicted octanol–water partition coefficient (Wildman–Crippen LogP) is 1.99. The molecule has 0 fully saturated rings. The minimum Gasteiger partial charge on any atom is -0.350 e. The van der Waals surface area contributed by atoms with Gasteiger partial charge in [-0.2, -0.15) is 0 Å². The molecule has 1 N–H and O–H groups in total. The summed E-state index contributed by atoms with van der Waals surface area (Å²) in [7, 11) is 1.78. The van der Waals surface area contributed by atoms with Gasteiger partial charge in [-0.1, -0.05) is 41.0 Å². The number of rotatable bonds is 4. The molecule has 0 bridgehead atoms. The Morgan fingerprint density at radius 3 is 2.76 bits per heavy atom. The highest BCUT2D eigenvalue weighted by atomic mass is 35.5. The van der Waals surface area contributed by atoms with Crippen molar-refractivity contribution in [2.24, 2.45) is 7.05 Å². The standard InChI is InChI=1S/C11H12ClN5/c1-17-11(14-15-16-17)13-8-2-3-9-4-6-10(12)7-5-9/h2-7H,8H2,1H3,(H,13,14,16). The summed E-state index contributed by atoms with van der Waals surface area (Å²) in [6.45, 7) is 0.664. The molecular weight excluding hydrogens is 238 g/mol. The average molecular weight is 250 g/mol. The van der Waals surface area contributed by atoms with Gasteiger partial charge in [0.2, 0.25) is 5.95 Å². The van der Waals surface area contributed by atoms with Gasteiger partial charge in [0, 0.05) is 18.6 Å². The van der Waals surface area contributed by atoms with Crippen molar-refractivity contribution in [1.29, 1.82) is 0 Å². The highest BCUT2D eigenvalue weighted by molar-refractivity contribution is 6.30. The molecule has 1 aromatic carbocycles. The van der Waals surface area contributed by atoms with Crippen LogP contribution in [0.25, 0.3) is 6.08 Å². The van der Waals surface area contributed by atoms with E-state index >= 15 is 0 Å². The molecule has 2 rings (SSSR count). The Hall–Kier alpha value is -1.88. The van der Waals surface area contributed by atoms with Crippen LogP contribution in [0.4, 0.5) is 5.95 Å². The van der Waals surface area contributed by atoms with Crippen LogP contribution in [0.3, 0.4) is 0 Å². The normalized spacial score (nSPS) is 10.9. The van der Waals surface area contributed by atoms with Gasteiger partial charge in [0.05, 0.1) is 0 Å². The highest BCUT2D eigenvalue weighted by Gasteiger charge is 1.97. The molecule has 0 amide bonds. The van der Waals surface area contributed by atoms with E-state index in [1.54, 1.807) is 11.7 Å². The number of hydrogen-bond donors (Lipinski definition) is 1. The minimum absolute atomic E-state index is 0.644. The SMILES string of the molecule is Cn1nnnc1NCC=Cc1ccc(Cl)cc1. The summed E-state index contributed by atoms with van der Waals surface area (Å²) < 4.78 is 1.58. The summed E-state index contributed by atoms with van der Waals surface area (Å²) in [6.07, 6.45) is 4.01. The Kier molecular flexibility index (Phi) is 3.72. The number of aromatic nitrogens is 4. The van der Waals surface area contributed by atoms with Gasteiger partial charge in [-0.05, 0) is 28.1 Å². The maximum absolute atomic E-state index is 5.80. The van der Waals surface area contributed by atoms with Crippen LogP contribution in [0.15, 0.2) is 30.3 Å². The van der Waals surface area contributed by atoms with Gasteiger partial charge < -0.3 is 5.32 Å². The van der Waals surface area contributed by atoms with E-state index in [-0.39, 0.29) is 0 Å². The quantitative estimate of drug-likeness (QED) is 0.900. The lowest BCUT2D eigenvalue weighted by molar-refractivity contribution is 0.713. The maximum Gasteiger partial charge on any atom is 0.242 e. The second-order valence-electron chi connectivity index (χ2n) is 3.46. The van der Waals surface area contributed by atoms with Gasteiger partial charge in [-0.3, -0.25) is 0 Å². The van der Waals surface area contributed by atoms with Crippen LogP contribution in [0.2, 0.25) is 5.02 Å². The van der Waals surface area contributed by atoms with Gasteiger partial charge in [-0.15, -0.1) is 0 Å². The Morgan fingerprint density at radius 1 is 1.35 bits per heavy atom. The van der Waals surface area contributed by atoms with Crippen molar-refractivity contribution in [3.05, 3.63) is 40.9 Å². The molecule has 6 heteroatoms. The number of benzene rings is 1. The van der Waals surface area contributed by atoms with E-state index < -0.39 is 0 Å². The van der Waals surface area contributed by atoms with Gasteiger partial charge in [0.15, 0.2) is 0 Å². The molecule has 0 radical (unpaired) electrons. The summed E-state index contributed by atoms with van der Waals surface area (Å²) in [4.78, 5) is 0. The van der Waals surface area contributed by atoms with Crippen molar-refractivity contribution in [2.45, 2.75) is 0 Å². The summed E-state index contributed by atoms with van der Waals surface area (Å²) in [5, 5.41) is 14.9. The molecule has 0 spiro atoms. The van der Waals surface area contributed by atoms with Crippen LogP contribution in [-0.2, 0) is 7.05 Å². The maximum atomic E-state index is 5.80. The van der Waals surface area contributed by atoms with Gasteiger partial charge in [-0.25, -0.2) is 4.68 Å². The topological polar surface area (TPSA) is 55.6 Å². The van der Waals surface area contributed by atoms with Crippen LogP contribution < -0.4 is 5.32 Å². The number of aryl methyl sites for hydroxylation is 1. The minimum atomic E-state index is 0.644.